The van der Waals surface area contributed by atoms with Crippen LogP contribution in [0.1, 0.15) is 25.3 Å². The Morgan fingerprint density at radius 3 is 2.72 bits per heavy atom. The molecule has 0 atom stereocenters. The van der Waals surface area contributed by atoms with Crippen molar-refractivity contribution in [3.8, 4) is 0 Å². The number of halogens is 1. The van der Waals surface area contributed by atoms with Gasteiger partial charge in [-0.3, -0.25) is 4.90 Å². The molecule has 0 saturated carbocycles. The van der Waals surface area contributed by atoms with E-state index < -0.39 is 0 Å². The van der Waals surface area contributed by atoms with Gasteiger partial charge in [0.1, 0.15) is 0 Å². The predicted octanol–water partition coefficient (Wildman–Crippen LogP) is 3.91. The molecule has 1 aliphatic rings. The Morgan fingerprint density at radius 2 is 2.00 bits per heavy atom. The molecule has 1 fully saturated rings. The summed E-state index contributed by atoms with van der Waals surface area (Å²) in [6, 6.07) is 6.22. The average molecular weight is 263 g/mol. The second-order valence-corrected chi connectivity index (χ2v) is 5.52. The van der Waals surface area contributed by atoms with E-state index in [0.29, 0.717) is 0 Å². The number of aryl methyl sites for hydroxylation is 1. The lowest BCUT2D eigenvalue weighted by Gasteiger charge is -2.13. The van der Waals surface area contributed by atoms with E-state index in [1.807, 2.05) is 6.07 Å². The molecule has 1 aromatic carbocycles. The molecule has 96 valence electrons. The van der Waals surface area contributed by atoms with Gasteiger partial charge in [0.15, 0.2) is 0 Å². The van der Waals surface area contributed by atoms with Crippen molar-refractivity contribution in [2.75, 3.05) is 13.1 Å². The van der Waals surface area contributed by atoms with Gasteiger partial charge in [0.05, 0.1) is 0 Å². The van der Waals surface area contributed by atoms with Gasteiger partial charge in [-0.2, -0.15) is 0 Å². The van der Waals surface area contributed by atoms with Crippen LogP contribution in [-0.2, 0) is 13.1 Å². The molecule has 2 heterocycles. The summed E-state index contributed by atoms with van der Waals surface area (Å²) < 4.78 is 2.32. The Kier molecular flexibility index (Phi) is 3.31. The molecule has 0 spiro atoms. The highest BCUT2D eigenvalue weighted by atomic mass is 35.5. The first-order chi connectivity index (χ1) is 8.78. The van der Waals surface area contributed by atoms with E-state index in [1.165, 1.54) is 42.4 Å². The Balaban J connectivity index is 2.01. The monoisotopic (exact) mass is 262 g/mol. The molecule has 2 aromatic rings. The van der Waals surface area contributed by atoms with Crippen LogP contribution in [0.2, 0.25) is 5.02 Å². The van der Waals surface area contributed by atoms with Crippen LogP contribution in [0.25, 0.3) is 10.9 Å². The number of fused-ring (bicyclic) bond motifs is 1. The van der Waals surface area contributed by atoms with Crippen molar-refractivity contribution in [3.63, 3.8) is 0 Å². The van der Waals surface area contributed by atoms with E-state index in [9.17, 15) is 0 Å². The van der Waals surface area contributed by atoms with Gasteiger partial charge in [0.2, 0.25) is 0 Å². The Bertz CT molecular complexity index is 553. The average Bonchev–Trinajstić information content (AvgIpc) is 2.98. The van der Waals surface area contributed by atoms with E-state index >= 15 is 0 Å². The third kappa shape index (κ3) is 2.15. The summed E-state index contributed by atoms with van der Waals surface area (Å²) in [5, 5.41) is 2.15. The van der Waals surface area contributed by atoms with E-state index in [0.717, 1.165) is 18.1 Å². The second-order valence-electron chi connectivity index (χ2n) is 5.09. The number of aromatic nitrogens is 1. The zero-order chi connectivity index (χ0) is 12.5. The van der Waals surface area contributed by atoms with Gasteiger partial charge in [0.25, 0.3) is 0 Å². The minimum atomic E-state index is 0.832. The van der Waals surface area contributed by atoms with Crippen molar-refractivity contribution < 1.29 is 0 Å². The van der Waals surface area contributed by atoms with Gasteiger partial charge in [-0.25, -0.2) is 0 Å². The number of hydrogen-bond acceptors (Lipinski definition) is 1. The molecular weight excluding hydrogens is 244 g/mol. The summed E-state index contributed by atoms with van der Waals surface area (Å²) >= 11 is 6.14. The number of benzene rings is 1. The van der Waals surface area contributed by atoms with E-state index in [2.05, 4.69) is 34.7 Å². The molecule has 1 aliphatic heterocycles. The summed E-state index contributed by atoms with van der Waals surface area (Å²) in [6.45, 7) is 6.73. The highest BCUT2D eigenvalue weighted by Gasteiger charge is 2.15. The third-order valence-corrected chi connectivity index (χ3v) is 4.09. The van der Waals surface area contributed by atoms with E-state index in [-0.39, 0.29) is 0 Å². The van der Waals surface area contributed by atoms with E-state index in [1.54, 1.807) is 0 Å². The van der Waals surface area contributed by atoms with Crippen molar-refractivity contribution in [1.29, 1.82) is 0 Å². The lowest BCUT2D eigenvalue weighted by molar-refractivity contribution is 0.332. The summed E-state index contributed by atoms with van der Waals surface area (Å²) in [7, 11) is 0. The van der Waals surface area contributed by atoms with Crippen LogP contribution in [-0.4, -0.2) is 22.6 Å². The first-order valence-electron chi connectivity index (χ1n) is 6.77. The molecule has 2 nitrogen and oxygen atoms in total. The molecule has 0 unspecified atom stereocenters. The molecule has 1 saturated heterocycles. The second kappa shape index (κ2) is 4.94. The largest absolute Gasteiger partial charge is 0.347 e. The maximum atomic E-state index is 6.14. The Morgan fingerprint density at radius 1 is 1.22 bits per heavy atom. The maximum Gasteiger partial charge on any atom is 0.0484 e. The van der Waals surface area contributed by atoms with Crippen molar-refractivity contribution in [2.24, 2.45) is 0 Å². The Labute approximate surface area is 113 Å². The van der Waals surface area contributed by atoms with Crippen molar-refractivity contribution in [2.45, 2.75) is 32.9 Å². The fraction of sp³-hybridized carbons (Fsp3) is 0.467. The van der Waals surface area contributed by atoms with Gasteiger partial charge in [-0.05, 0) is 56.6 Å². The van der Waals surface area contributed by atoms with Crippen LogP contribution in [0.3, 0.4) is 0 Å². The zero-order valence-electron chi connectivity index (χ0n) is 10.8. The summed E-state index contributed by atoms with van der Waals surface area (Å²) in [5.74, 6) is 0. The smallest absolute Gasteiger partial charge is 0.0484 e. The fourth-order valence-corrected chi connectivity index (χ4v) is 3.08. The van der Waals surface area contributed by atoms with Gasteiger partial charge in [0, 0.05) is 35.2 Å². The first kappa shape index (κ1) is 12.1. The number of rotatable bonds is 3. The Hall–Kier alpha value is -0.990. The topological polar surface area (TPSA) is 8.17 Å². The quantitative estimate of drug-likeness (QED) is 0.814. The number of hydrogen-bond donors (Lipinski definition) is 0. The number of likely N-dealkylation sites (tertiary alicyclic amines) is 1. The van der Waals surface area contributed by atoms with Crippen LogP contribution in [0.15, 0.2) is 24.4 Å². The van der Waals surface area contributed by atoms with Crippen LogP contribution < -0.4 is 0 Å². The summed E-state index contributed by atoms with van der Waals surface area (Å²) in [5.41, 5.74) is 2.72. The SMILES string of the molecule is CCn1cc(CN2CCCC2)c2cc(Cl)ccc21. The van der Waals surface area contributed by atoms with Gasteiger partial charge < -0.3 is 4.57 Å². The normalized spacial score (nSPS) is 16.8. The van der Waals surface area contributed by atoms with Gasteiger partial charge >= 0.3 is 0 Å². The van der Waals surface area contributed by atoms with Crippen molar-refractivity contribution >= 4 is 22.5 Å². The van der Waals surface area contributed by atoms with Gasteiger partial charge in [-0.1, -0.05) is 11.6 Å². The highest BCUT2D eigenvalue weighted by Crippen LogP contribution is 2.26. The predicted molar refractivity (Wildman–Crippen MR) is 77.1 cm³/mol. The molecule has 3 heteroatoms. The molecule has 3 rings (SSSR count). The highest BCUT2D eigenvalue weighted by molar-refractivity contribution is 6.31. The minimum absolute atomic E-state index is 0.832. The molecule has 0 radical (unpaired) electrons. The minimum Gasteiger partial charge on any atom is -0.347 e. The summed E-state index contributed by atoms with van der Waals surface area (Å²) in [4.78, 5) is 2.54. The van der Waals surface area contributed by atoms with E-state index in [4.69, 9.17) is 11.6 Å². The van der Waals surface area contributed by atoms with Crippen LogP contribution in [0.5, 0.6) is 0 Å². The van der Waals surface area contributed by atoms with Crippen molar-refractivity contribution in [3.05, 3.63) is 35.0 Å². The summed E-state index contributed by atoms with van der Waals surface area (Å²) in [6.07, 6.45) is 4.97. The molecule has 1 aromatic heterocycles. The van der Waals surface area contributed by atoms with Crippen LogP contribution >= 0.6 is 11.6 Å². The van der Waals surface area contributed by atoms with Gasteiger partial charge in [-0.15, -0.1) is 0 Å². The third-order valence-electron chi connectivity index (χ3n) is 3.86. The molecule has 0 amide bonds. The fourth-order valence-electron chi connectivity index (χ4n) is 2.91. The standard InChI is InChI=1S/C15H19ClN2/c1-2-18-11-12(10-17-7-3-4-8-17)14-9-13(16)5-6-15(14)18/h5-6,9,11H,2-4,7-8,10H2,1H3. The molecule has 0 bridgehead atoms. The molecule has 18 heavy (non-hydrogen) atoms. The molecule has 0 aliphatic carbocycles. The number of nitrogens with zero attached hydrogens (tertiary/aromatic N) is 2. The maximum absolute atomic E-state index is 6.14. The lowest BCUT2D eigenvalue weighted by Crippen LogP contribution is -2.18. The van der Waals surface area contributed by atoms with Crippen LogP contribution in [0.4, 0.5) is 0 Å². The lowest BCUT2D eigenvalue weighted by atomic mass is 10.1. The van der Waals surface area contributed by atoms with Crippen LogP contribution in [0, 0.1) is 0 Å². The first-order valence-corrected chi connectivity index (χ1v) is 7.15. The molecular formula is C15H19ClN2. The zero-order valence-corrected chi connectivity index (χ0v) is 11.6. The molecule has 0 N–H and O–H groups in total. The van der Waals surface area contributed by atoms with Crippen molar-refractivity contribution in [1.82, 2.24) is 9.47 Å².